The number of hydrogen-bond acceptors (Lipinski definition) is 2. The van der Waals surface area contributed by atoms with Crippen LogP contribution < -0.4 is 5.73 Å². The molecule has 0 saturated heterocycles. The van der Waals surface area contributed by atoms with Gasteiger partial charge in [-0.2, -0.15) is 0 Å². The topological polar surface area (TPSA) is 39.2 Å². The number of rotatable bonds is 3. The van der Waals surface area contributed by atoms with Gasteiger partial charge in [-0.15, -0.1) is 0 Å². The summed E-state index contributed by atoms with van der Waals surface area (Å²) < 4.78 is 5.62. The Balaban J connectivity index is 2.43. The summed E-state index contributed by atoms with van der Waals surface area (Å²) in [5.74, 6) is 1.05. The van der Waals surface area contributed by atoms with Gasteiger partial charge in [0, 0.05) is 11.8 Å². The zero-order valence-corrected chi connectivity index (χ0v) is 8.42. The Morgan fingerprint density at radius 3 is 2.86 bits per heavy atom. The molecule has 1 aromatic carbocycles. The van der Waals surface area contributed by atoms with Gasteiger partial charge in [0.15, 0.2) is 0 Å². The number of aryl methyl sites for hydroxylation is 1. The van der Waals surface area contributed by atoms with E-state index in [4.69, 9.17) is 10.2 Å². The molecular formula is C12H15NO. The molecule has 2 rings (SSSR count). The Hall–Kier alpha value is -1.28. The minimum absolute atomic E-state index is 0.698. The van der Waals surface area contributed by atoms with Crippen LogP contribution in [-0.4, -0.2) is 6.54 Å². The Morgan fingerprint density at radius 2 is 2.14 bits per heavy atom. The van der Waals surface area contributed by atoms with Crippen LogP contribution in [0.2, 0.25) is 0 Å². The van der Waals surface area contributed by atoms with E-state index >= 15 is 0 Å². The van der Waals surface area contributed by atoms with E-state index in [1.165, 1.54) is 10.9 Å². The highest BCUT2D eigenvalue weighted by atomic mass is 16.3. The van der Waals surface area contributed by atoms with Crippen LogP contribution in [0.1, 0.15) is 18.2 Å². The van der Waals surface area contributed by atoms with E-state index in [0.717, 1.165) is 24.2 Å². The standard InChI is InChI=1S/C12H15NO/c1-2-11-8-10-7-9(5-6-13)3-4-12(10)14-11/h3-4,7-8H,2,5-6,13H2,1H3. The summed E-state index contributed by atoms with van der Waals surface area (Å²) in [6.07, 6.45) is 1.88. The van der Waals surface area contributed by atoms with Gasteiger partial charge in [0.1, 0.15) is 11.3 Å². The van der Waals surface area contributed by atoms with Gasteiger partial charge in [0.05, 0.1) is 0 Å². The number of nitrogens with two attached hydrogens (primary N) is 1. The predicted octanol–water partition coefficient (Wildman–Crippen LogP) is 2.50. The van der Waals surface area contributed by atoms with Crippen molar-refractivity contribution in [1.82, 2.24) is 0 Å². The first-order valence-electron chi connectivity index (χ1n) is 5.05. The summed E-state index contributed by atoms with van der Waals surface area (Å²) in [6.45, 7) is 2.79. The molecule has 0 fully saturated rings. The van der Waals surface area contributed by atoms with Crippen molar-refractivity contribution in [2.24, 2.45) is 5.73 Å². The number of furan rings is 1. The Kier molecular flexibility index (Phi) is 2.55. The third kappa shape index (κ3) is 1.66. The minimum atomic E-state index is 0.698. The van der Waals surface area contributed by atoms with E-state index in [1.54, 1.807) is 0 Å². The van der Waals surface area contributed by atoms with Crippen molar-refractivity contribution in [3.8, 4) is 0 Å². The van der Waals surface area contributed by atoms with E-state index in [0.29, 0.717) is 6.54 Å². The molecule has 0 unspecified atom stereocenters. The molecule has 1 heterocycles. The number of hydrogen-bond donors (Lipinski definition) is 1. The lowest BCUT2D eigenvalue weighted by molar-refractivity contribution is 0.557. The highest BCUT2D eigenvalue weighted by Gasteiger charge is 2.02. The van der Waals surface area contributed by atoms with E-state index in [-0.39, 0.29) is 0 Å². The number of fused-ring (bicyclic) bond motifs is 1. The molecular weight excluding hydrogens is 174 g/mol. The summed E-state index contributed by atoms with van der Waals surface area (Å²) in [5, 5.41) is 1.19. The zero-order valence-electron chi connectivity index (χ0n) is 8.42. The third-order valence-electron chi connectivity index (χ3n) is 2.41. The molecule has 0 spiro atoms. The van der Waals surface area contributed by atoms with Crippen molar-refractivity contribution in [2.45, 2.75) is 19.8 Å². The SMILES string of the molecule is CCc1cc2cc(CCN)ccc2o1. The van der Waals surface area contributed by atoms with Crippen molar-refractivity contribution in [3.63, 3.8) is 0 Å². The molecule has 74 valence electrons. The molecule has 1 aromatic heterocycles. The van der Waals surface area contributed by atoms with Crippen LogP contribution in [-0.2, 0) is 12.8 Å². The maximum Gasteiger partial charge on any atom is 0.134 e. The first-order chi connectivity index (χ1) is 6.83. The second kappa shape index (κ2) is 3.84. The fourth-order valence-electron chi connectivity index (χ4n) is 1.64. The molecule has 0 aliphatic heterocycles. The summed E-state index contributed by atoms with van der Waals surface area (Å²) >= 11 is 0. The highest BCUT2D eigenvalue weighted by molar-refractivity contribution is 5.78. The van der Waals surface area contributed by atoms with Gasteiger partial charge < -0.3 is 10.2 Å². The lowest BCUT2D eigenvalue weighted by Gasteiger charge is -1.96. The molecule has 0 bridgehead atoms. The van der Waals surface area contributed by atoms with Gasteiger partial charge in [-0.1, -0.05) is 13.0 Å². The quantitative estimate of drug-likeness (QED) is 0.805. The molecule has 2 nitrogen and oxygen atoms in total. The van der Waals surface area contributed by atoms with Crippen molar-refractivity contribution in [1.29, 1.82) is 0 Å². The summed E-state index contributed by atoms with van der Waals surface area (Å²) in [4.78, 5) is 0. The van der Waals surface area contributed by atoms with Gasteiger partial charge in [0.2, 0.25) is 0 Å². The molecule has 0 saturated carbocycles. The normalized spacial score (nSPS) is 11.0. The van der Waals surface area contributed by atoms with Gasteiger partial charge in [-0.3, -0.25) is 0 Å². The van der Waals surface area contributed by atoms with E-state index < -0.39 is 0 Å². The fourth-order valence-corrected chi connectivity index (χ4v) is 1.64. The van der Waals surface area contributed by atoms with Crippen molar-refractivity contribution in [3.05, 3.63) is 35.6 Å². The van der Waals surface area contributed by atoms with Gasteiger partial charge >= 0.3 is 0 Å². The number of benzene rings is 1. The van der Waals surface area contributed by atoms with Crippen molar-refractivity contribution in [2.75, 3.05) is 6.54 Å². The Bertz CT molecular complexity index is 431. The molecule has 0 radical (unpaired) electrons. The maximum atomic E-state index is 5.62. The molecule has 0 aliphatic carbocycles. The Labute approximate surface area is 83.7 Å². The van der Waals surface area contributed by atoms with Crippen molar-refractivity contribution >= 4 is 11.0 Å². The van der Waals surface area contributed by atoms with Crippen molar-refractivity contribution < 1.29 is 4.42 Å². The molecule has 0 amide bonds. The summed E-state index contributed by atoms with van der Waals surface area (Å²) in [6, 6.07) is 8.37. The van der Waals surface area contributed by atoms with E-state index in [2.05, 4.69) is 25.1 Å². The minimum Gasteiger partial charge on any atom is -0.461 e. The van der Waals surface area contributed by atoms with Crippen LogP contribution in [0.4, 0.5) is 0 Å². The van der Waals surface area contributed by atoms with Gasteiger partial charge in [-0.05, 0) is 36.7 Å². The monoisotopic (exact) mass is 189 g/mol. The summed E-state index contributed by atoms with van der Waals surface area (Å²) in [5.41, 5.74) is 7.77. The molecule has 0 aliphatic rings. The summed E-state index contributed by atoms with van der Waals surface area (Å²) in [7, 11) is 0. The van der Waals surface area contributed by atoms with E-state index in [1.807, 2.05) is 6.07 Å². The molecule has 14 heavy (non-hydrogen) atoms. The highest BCUT2D eigenvalue weighted by Crippen LogP contribution is 2.21. The fraction of sp³-hybridized carbons (Fsp3) is 0.333. The first-order valence-corrected chi connectivity index (χ1v) is 5.05. The first kappa shape index (κ1) is 9.28. The molecule has 0 atom stereocenters. The average Bonchev–Trinajstić information content (AvgIpc) is 2.60. The predicted molar refractivity (Wildman–Crippen MR) is 58.4 cm³/mol. The second-order valence-electron chi connectivity index (χ2n) is 3.48. The van der Waals surface area contributed by atoms with Crippen LogP contribution in [0.15, 0.2) is 28.7 Å². The van der Waals surface area contributed by atoms with Crippen LogP contribution in [0, 0.1) is 0 Å². The zero-order chi connectivity index (χ0) is 9.97. The lowest BCUT2D eigenvalue weighted by atomic mass is 10.1. The molecule has 2 N–H and O–H groups in total. The van der Waals surface area contributed by atoms with Gasteiger partial charge in [0.25, 0.3) is 0 Å². The average molecular weight is 189 g/mol. The van der Waals surface area contributed by atoms with Crippen LogP contribution in [0.25, 0.3) is 11.0 Å². The second-order valence-corrected chi connectivity index (χ2v) is 3.48. The van der Waals surface area contributed by atoms with Gasteiger partial charge in [-0.25, -0.2) is 0 Å². The smallest absolute Gasteiger partial charge is 0.134 e. The van der Waals surface area contributed by atoms with Crippen LogP contribution >= 0.6 is 0 Å². The largest absolute Gasteiger partial charge is 0.461 e. The maximum absolute atomic E-state index is 5.62. The van der Waals surface area contributed by atoms with Crippen LogP contribution in [0.5, 0.6) is 0 Å². The van der Waals surface area contributed by atoms with E-state index in [9.17, 15) is 0 Å². The third-order valence-corrected chi connectivity index (χ3v) is 2.41. The lowest BCUT2D eigenvalue weighted by Crippen LogP contribution is -2.02. The molecule has 2 heteroatoms. The Morgan fingerprint density at radius 1 is 1.29 bits per heavy atom. The van der Waals surface area contributed by atoms with Crippen LogP contribution in [0.3, 0.4) is 0 Å². The molecule has 2 aromatic rings.